The molecule has 108 valence electrons. The minimum atomic E-state index is -0.291. The van der Waals surface area contributed by atoms with E-state index in [2.05, 4.69) is 5.32 Å². The fourth-order valence-corrected chi connectivity index (χ4v) is 2.49. The molecule has 0 radical (unpaired) electrons. The Bertz CT molecular complexity index is 649. The van der Waals surface area contributed by atoms with E-state index in [1.807, 2.05) is 24.3 Å². The lowest BCUT2D eigenvalue weighted by molar-refractivity contribution is -0.128. The number of hydrogen-bond acceptors (Lipinski definition) is 3. The summed E-state index contributed by atoms with van der Waals surface area (Å²) in [6, 6.07) is 11.3. The number of hydrogen-bond donors (Lipinski definition) is 1. The SMILES string of the molecule is O=C(CC(=O)N1CCc2ccccc21)NCc1ccco1. The Labute approximate surface area is 122 Å². The molecule has 1 aromatic heterocycles. The van der Waals surface area contributed by atoms with E-state index in [4.69, 9.17) is 4.42 Å². The first-order chi connectivity index (χ1) is 10.2. The first kappa shape index (κ1) is 13.4. The van der Waals surface area contributed by atoms with Gasteiger partial charge in [0.1, 0.15) is 12.2 Å². The summed E-state index contributed by atoms with van der Waals surface area (Å²) in [7, 11) is 0. The predicted octanol–water partition coefficient (Wildman–Crippen LogP) is 1.88. The molecule has 2 heterocycles. The molecular formula is C16H16N2O3. The summed E-state index contributed by atoms with van der Waals surface area (Å²) in [5.74, 6) is 0.208. The lowest BCUT2D eigenvalue weighted by Crippen LogP contribution is -2.34. The Kier molecular flexibility index (Phi) is 3.73. The van der Waals surface area contributed by atoms with Gasteiger partial charge >= 0.3 is 0 Å². The summed E-state index contributed by atoms with van der Waals surface area (Å²) in [6.07, 6.45) is 2.25. The number of fused-ring (bicyclic) bond motifs is 1. The highest BCUT2D eigenvalue weighted by atomic mass is 16.3. The van der Waals surface area contributed by atoms with E-state index in [1.54, 1.807) is 23.3 Å². The van der Waals surface area contributed by atoms with Crippen LogP contribution in [0, 0.1) is 0 Å². The van der Waals surface area contributed by atoms with Crippen molar-refractivity contribution < 1.29 is 14.0 Å². The van der Waals surface area contributed by atoms with Crippen molar-refractivity contribution in [3.8, 4) is 0 Å². The van der Waals surface area contributed by atoms with Crippen molar-refractivity contribution in [1.29, 1.82) is 0 Å². The van der Waals surface area contributed by atoms with E-state index in [0.29, 0.717) is 18.8 Å². The van der Waals surface area contributed by atoms with Crippen LogP contribution in [0.2, 0.25) is 0 Å². The summed E-state index contributed by atoms with van der Waals surface area (Å²) < 4.78 is 5.13. The maximum Gasteiger partial charge on any atom is 0.236 e. The van der Waals surface area contributed by atoms with Crippen molar-refractivity contribution in [2.24, 2.45) is 0 Å². The summed E-state index contributed by atoms with van der Waals surface area (Å²) >= 11 is 0. The predicted molar refractivity (Wildman–Crippen MR) is 77.7 cm³/mol. The molecule has 21 heavy (non-hydrogen) atoms. The molecule has 0 saturated carbocycles. The quantitative estimate of drug-likeness (QED) is 0.872. The number of carbonyl (C=O) groups is 2. The van der Waals surface area contributed by atoms with E-state index in [1.165, 1.54) is 0 Å². The number of furan rings is 1. The Morgan fingerprint density at radius 3 is 2.86 bits per heavy atom. The highest BCUT2D eigenvalue weighted by Gasteiger charge is 2.25. The van der Waals surface area contributed by atoms with Crippen LogP contribution in [-0.2, 0) is 22.6 Å². The Morgan fingerprint density at radius 1 is 1.19 bits per heavy atom. The molecule has 0 saturated heterocycles. The minimum Gasteiger partial charge on any atom is -0.467 e. The van der Waals surface area contributed by atoms with Gasteiger partial charge in [-0.1, -0.05) is 18.2 Å². The molecule has 5 heteroatoms. The molecule has 0 atom stereocenters. The number of rotatable bonds is 4. The Morgan fingerprint density at radius 2 is 2.05 bits per heavy atom. The molecule has 1 aliphatic rings. The Balaban J connectivity index is 1.56. The molecule has 5 nitrogen and oxygen atoms in total. The first-order valence-electron chi connectivity index (χ1n) is 6.91. The molecule has 0 unspecified atom stereocenters. The molecule has 1 N–H and O–H groups in total. The summed E-state index contributed by atoms with van der Waals surface area (Å²) in [4.78, 5) is 25.7. The van der Waals surface area contributed by atoms with Crippen molar-refractivity contribution in [3.05, 3.63) is 54.0 Å². The molecule has 0 fully saturated rings. The van der Waals surface area contributed by atoms with Crippen molar-refractivity contribution in [3.63, 3.8) is 0 Å². The van der Waals surface area contributed by atoms with Gasteiger partial charge in [-0.25, -0.2) is 0 Å². The van der Waals surface area contributed by atoms with Crippen LogP contribution in [0.1, 0.15) is 17.7 Å². The van der Waals surface area contributed by atoms with E-state index in [0.717, 1.165) is 17.7 Å². The normalized spacial score (nSPS) is 13.0. The average molecular weight is 284 g/mol. The summed E-state index contributed by atoms with van der Waals surface area (Å²) in [5.41, 5.74) is 2.07. The number of nitrogens with zero attached hydrogens (tertiary/aromatic N) is 1. The van der Waals surface area contributed by atoms with Crippen molar-refractivity contribution in [2.45, 2.75) is 19.4 Å². The van der Waals surface area contributed by atoms with Crippen LogP contribution in [0.4, 0.5) is 5.69 Å². The molecule has 3 rings (SSSR count). The van der Waals surface area contributed by atoms with Crippen molar-refractivity contribution in [2.75, 3.05) is 11.4 Å². The maximum atomic E-state index is 12.2. The van der Waals surface area contributed by atoms with Crippen LogP contribution in [0.5, 0.6) is 0 Å². The second-order valence-corrected chi connectivity index (χ2v) is 4.96. The fraction of sp³-hybridized carbons (Fsp3) is 0.250. The number of carbonyl (C=O) groups excluding carboxylic acids is 2. The van der Waals surface area contributed by atoms with Crippen LogP contribution in [0.3, 0.4) is 0 Å². The van der Waals surface area contributed by atoms with E-state index >= 15 is 0 Å². The van der Waals surface area contributed by atoms with Crippen LogP contribution in [0.25, 0.3) is 0 Å². The van der Waals surface area contributed by atoms with Gasteiger partial charge in [-0.3, -0.25) is 9.59 Å². The van der Waals surface area contributed by atoms with E-state index < -0.39 is 0 Å². The standard InChI is InChI=1S/C16H16N2O3/c19-15(17-11-13-5-3-9-21-13)10-16(20)18-8-7-12-4-1-2-6-14(12)18/h1-6,9H,7-8,10-11H2,(H,17,19). The zero-order valence-electron chi connectivity index (χ0n) is 11.5. The van der Waals surface area contributed by atoms with Crippen LogP contribution < -0.4 is 10.2 Å². The third-order valence-corrected chi connectivity index (χ3v) is 3.54. The summed E-state index contributed by atoms with van der Waals surface area (Å²) in [5, 5.41) is 2.68. The molecule has 0 spiro atoms. The van der Waals surface area contributed by atoms with Gasteiger partial charge in [-0.2, -0.15) is 0 Å². The van der Waals surface area contributed by atoms with Gasteiger partial charge in [0.25, 0.3) is 0 Å². The second-order valence-electron chi connectivity index (χ2n) is 4.96. The topological polar surface area (TPSA) is 62.6 Å². The molecule has 1 aliphatic heterocycles. The number of para-hydroxylation sites is 1. The highest BCUT2D eigenvalue weighted by Crippen LogP contribution is 2.27. The molecular weight excluding hydrogens is 268 g/mol. The largest absolute Gasteiger partial charge is 0.467 e. The van der Waals surface area contributed by atoms with Crippen LogP contribution in [-0.4, -0.2) is 18.4 Å². The Hall–Kier alpha value is -2.56. The molecule has 2 aromatic rings. The minimum absolute atomic E-state index is 0.144. The van der Waals surface area contributed by atoms with Gasteiger partial charge in [0.15, 0.2) is 0 Å². The van der Waals surface area contributed by atoms with E-state index in [9.17, 15) is 9.59 Å². The van der Waals surface area contributed by atoms with Gasteiger partial charge in [0, 0.05) is 12.2 Å². The van der Waals surface area contributed by atoms with E-state index in [-0.39, 0.29) is 18.2 Å². The number of nitrogens with one attached hydrogen (secondary N) is 1. The monoisotopic (exact) mass is 284 g/mol. The van der Waals surface area contributed by atoms with Gasteiger partial charge in [0.2, 0.25) is 11.8 Å². The third-order valence-electron chi connectivity index (χ3n) is 3.54. The lowest BCUT2D eigenvalue weighted by atomic mass is 10.2. The lowest BCUT2D eigenvalue weighted by Gasteiger charge is -2.16. The smallest absolute Gasteiger partial charge is 0.236 e. The molecule has 0 bridgehead atoms. The second kappa shape index (κ2) is 5.83. The van der Waals surface area contributed by atoms with Gasteiger partial charge in [-0.05, 0) is 30.2 Å². The summed E-state index contributed by atoms with van der Waals surface area (Å²) in [6.45, 7) is 0.944. The fourth-order valence-electron chi connectivity index (χ4n) is 2.49. The molecule has 0 aliphatic carbocycles. The van der Waals surface area contributed by atoms with Crippen LogP contribution in [0.15, 0.2) is 47.1 Å². The number of benzene rings is 1. The van der Waals surface area contributed by atoms with Crippen LogP contribution >= 0.6 is 0 Å². The highest BCUT2D eigenvalue weighted by molar-refractivity contribution is 6.05. The van der Waals surface area contributed by atoms with Gasteiger partial charge < -0.3 is 14.6 Å². The zero-order valence-corrected chi connectivity index (χ0v) is 11.5. The van der Waals surface area contributed by atoms with Crippen molar-refractivity contribution in [1.82, 2.24) is 5.32 Å². The third kappa shape index (κ3) is 2.97. The number of anilines is 1. The van der Waals surface area contributed by atoms with Crippen molar-refractivity contribution >= 4 is 17.5 Å². The average Bonchev–Trinajstić information content (AvgIpc) is 3.14. The molecule has 1 aromatic carbocycles. The molecule has 2 amide bonds. The zero-order chi connectivity index (χ0) is 14.7. The van der Waals surface area contributed by atoms with Gasteiger partial charge in [-0.15, -0.1) is 0 Å². The van der Waals surface area contributed by atoms with Gasteiger partial charge in [0.05, 0.1) is 12.8 Å². The first-order valence-corrected chi connectivity index (χ1v) is 6.91. The maximum absolute atomic E-state index is 12.2. The number of amides is 2.